The summed E-state index contributed by atoms with van der Waals surface area (Å²) < 4.78 is 55.6. The van der Waals surface area contributed by atoms with E-state index in [2.05, 4.69) is 13.2 Å². The lowest BCUT2D eigenvalue weighted by Gasteiger charge is -2.27. The SMILES string of the molecule is C=CCCc1ccc2c(c1F)Oc1c(cc(OCC3CCC(C=C)CC3)c(F)c1F)C2. The van der Waals surface area contributed by atoms with Crippen molar-refractivity contribution in [2.45, 2.75) is 44.9 Å². The Hall–Kier alpha value is -2.69. The van der Waals surface area contributed by atoms with E-state index in [1.807, 2.05) is 6.08 Å². The van der Waals surface area contributed by atoms with Gasteiger partial charge in [0.1, 0.15) is 0 Å². The van der Waals surface area contributed by atoms with Gasteiger partial charge in [0.05, 0.1) is 6.61 Å². The van der Waals surface area contributed by atoms with Gasteiger partial charge in [-0.15, -0.1) is 13.2 Å². The number of allylic oxidation sites excluding steroid dienone is 2. The maximum absolute atomic E-state index is 14.9. The number of hydrogen-bond donors (Lipinski definition) is 0. The monoisotopic (exact) mass is 428 g/mol. The topological polar surface area (TPSA) is 18.5 Å². The lowest BCUT2D eigenvalue weighted by molar-refractivity contribution is 0.187. The summed E-state index contributed by atoms with van der Waals surface area (Å²) in [6, 6.07) is 4.97. The van der Waals surface area contributed by atoms with Crippen LogP contribution in [0.5, 0.6) is 17.2 Å². The number of halogens is 3. The van der Waals surface area contributed by atoms with Crippen LogP contribution in [0.4, 0.5) is 13.2 Å². The van der Waals surface area contributed by atoms with Crippen molar-refractivity contribution in [1.82, 2.24) is 0 Å². The number of fused-ring (bicyclic) bond motifs is 2. The van der Waals surface area contributed by atoms with Crippen molar-refractivity contribution in [3.8, 4) is 17.2 Å². The van der Waals surface area contributed by atoms with E-state index in [0.717, 1.165) is 25.7 Å². The average Bonchev–Trinajstić information content (AvgIpc) is 2.79. The van der Waals surface area contributed by atoms with Crippen LogP contribution in [0.3, 0.4) is 0 Å². The van der Waals surface area contributed by atoms with Gasteiger partial charge < -0.3 is 9.47 Å². The maximum atomic E-state index is 14.9. The molecule has 1 fully saturated rings. The smallest absolute Gasteiger partial charge is 0.205 e. The molecule has 0 spiro atoms. The Labute approximate surface area is 181 Å². The van der Waals surface area contributed by atoms with Crippen LogP contribution >= 0.6 is 0 Å². The van der Waals surface area contributed by atoms with Crippen LogP contribution in [0.15, 0.2) is 43.5 Å². The van der Waals surface area contributed by atoms with E-state index in [1.165, 1.54) is 6.07 Å². The molecule has 0 amide bonds. The molecule has 2 aromatic rings. The maximum Gasteiger partial charge on any atom is 0.205 e. The second-order valence-electron chi connectivity index (χ2n) is 8.45. The second-order valence-corrected chi connectivity index (χ2v) is 8.45. The molecular weight excluding hydrogens is 401 g/mol. The third-order valence-electron chi connectivity index (χ3n) is 6.37. The van der Waals surface area contributed by atoms with Gasteiger partial charge in [-0.25, -0.2) is 4.39 Å². The number of aryl methyl sites for hydroxylation is 1. The predicted octanol–water partition coefficient (Wildman–Crippen LogP) is 7.29. The summed E-state index contributed by atoms with van der Waals surface area (Å²) in [7, 11) is 0. The summed E-state index contributed by atoms with van der Waals surface area (Å²) in [4.78, 5) is 0. The molecule has 1 aliphatic heterocycles. The van der Waals surface area contributed by atoms with E-state index in [4.69, 9.17) is 9.47 Å². The molecule has 1 heterocycles. The van der Waals surface area contributed by atoms with E-state index in [0.29, 0.717) is 48.0 Å². The predicted molar refractivity (Wildman–Crippen MR) is 115 cm³/mol. The molecule has 31 heavy (non-hydrogen) atoms. The fraction of sp³-hybridized carbons (Fsp3) is 0.385. The van der Waals surface area contributed by atoms with Gasteiger partial charge in [0.25, 0.3) is 0 Å². The molecule has 4 rings (SSSR count). The Balaban J connectivity index is 1.52. The standard InChI is InChI=1S/C26H27F3O2/c1-3-5-6-18-11-12-19-13-20-14-21(30-15-17-9-7-16(4-2)8-10-17)23(28)24(29)26(20)31-25(19)22(18)27/h3-4,11-12,14,16-17H,1-2,5-10,13,15H2. The number of ether oxygens (including phenoxy) is 2. The molecule has 164 valence electrons. The Morgan fingerprint density at radius 3 is 2.42 bits per heavy atom. The fourth-order valence-corrected chi connectivity index (χ4v) is 4.43. The molecule has 2 aromatic carbocycles. The summed E-state index contributed by atoms with van der Waals surface area (Å²) in [5.41, 5.74) is 1.52. The Bertz CT molecular complexity index is 991. The van der Waals surface area contributed by atoms with Gasteiger partial charge in [0.2, 0.25) is 11.6 Å². The van der Waals surface area contributed by atoms with Gasteiger partial charge in [-0.3, -0.25) is 0 Å². The van der Waals surface area contributed by atoms with Gasteiger partial charge in [-0.1, -0.05) is 24.3 Å². The summed E-state index contributed by atoms with van der Waals surface area (Å²) in [5.74, 6) is -2.31. The summed E-state index contributed by atoms with van der Waals surface area (Å²) in [5, 5.41) is 0. The Kier molecular flexibility index (Phi) is 6.40. The van der Waals surface area contributed by atoms with E-state index in [-0.39, 0.29) is 23.7 Å². The highest BCUT2D eigenvalue weighted by atomic mass is 19.2. The van der Waals surface area contributed by atoms with Gasteiger partial charge in [0, 0.05) is 17.5 Å². The van der Waals surface area contributed by atoms with Crippen molar-refractivity contribution in [2.24, 2.45) is 11.8 Å². The van der Waals surface area contributed by atoms with Crippen LogP contribution in [-0.2, 0) is 12.8 Å². The zero-order valence-electron chi connectivity index (χ0n) is 17.6. The third kappa shape index (κ3) is 4.36. The quantitative estimate of drug-likeness (QED) is 0.368. The van der Waals surface area contributed by atoms with E-state index < -0.39 is 17.5 Å². The highest BCUT2D eigenvalue weighted by molar-refractivity contribution is 5.54. The second kappa shape index (κ2) is 9.21. The molecule has 2 nitrogen and oxygen atoms in total. The van der Waals surface area contributed by atoms with Gasteiger partial charge in [-0.05, 0) is 62.0 Å². The number of rotatable bonds is 7. The van der Waals surface area contributed by atoms with Crippen molar-refractivity contribution >= 4 is 0 Å². The Morgan fingerprint density at radius 2 is 1.71 bits per heavy atom. The first-order chi connectivity index (χ1) is 15.0. The first kappa shape index (κ1) is 21.5. The van der Waals surface area contributed by atoms with Crippen molar-refractivity contribution in [1.29, 1.82) is 0 Å². The molecule has 0 saturated heterocycles. The van der Waals surface area contributed by atoms with Crippen LogP contribution in [-0.4, -0.2) is 6.61 Å². The fourth-order valence-electron chi connectivity index (χ4n) is 4.43. The van der Waals surface area contributed by atoms with Gasteiger partial charge >= 0.3 is 0 Å². The summed E-state index contributed by atoms with van der Waals surface area (Å²) >= 11 is 0. The molecule has 2 aliphatic rings. The molecular formula is C26H27F3O2. The van der Waals surface area contributed by atoms with Crippen molar-refractivity contribution in [2.75, 3.05) is 6.61 Å². The number of hydrogen-bond acceptors (Lipinski definition) is 2. The molecule has 1 aliphatic carbocycles. The number of benzene rings is 2. The van der Waals surface area contributed by atoms with Crippen LogP contribution in [0.1, 0.15) is 48.8 Å². The van der Waals surface area contributed by atoms with Crippen LogP contribution in [0, 0.1) is 29.3 Å². The molecule has 0 N–H and O–H groups in total. The summed E-state index contributed by atoms with van der Waals surface area (Å²) in [6.45, 7) is 7.83. The van der Waals surface area contributed by atoms with E-state index in [1.54, 1.807) is 18.2 Å². The molecule has 0 radical (unpaired) electrons. The minimum absolute atomic E-state index is 0.0278. The molecule has 0 atom stereocenters. The molecule has 1 saturated carbocycles. The molecule has 0 bridgehead atoms. The van der Waals surface area contributed by atoms with Gasteiger partial charge in [0.15, 0.2) is 23.1 Å². The zero-order valence-corrected chi connectivity index (χ0v) is 17.6. The third-order valence-corrected chi connectivity index (χ3v) is 6.37. The normalized spacial score (nSPS) is 19.7. The first-order valence-corrected chi connectivity index (χ1v) is 10.9. The van der Waals surface area contributed by atoms with E-state index in [9.17, 15) is 13.2 Å². The Morgan fingerprint density at radius 1 is 0.968 bits per heavy atom. The average molecular weight is 428 g/mol. The van der Waals surface area contributed by atoms with Crippen molar-refractivity contribution in [3.05, 3.63) is 77.7 Å². The molecule has 0 unspecified atom stereocenters. The van der Waals surface area contributed by atoms with Crippen molar-refractivity contribution < 1.29 is 22.6 Å². The minimum atomic E-state index is -1.13. The highest BCUT2D eigenvalue weighted by Gasteiger charge is 2.29. The lowest BCUT2D eigenvalue weighted by Crippen LogP contribution is -2.20. The molecule has 5 heteroatoms. The minimum Gasteiger partial charge on any atom is -0.490 e. The van der Waals surface area contributed by atoms with Gasteiger partial charge in [-0.2, -0.15) is 8.78 Å². The molecule has 0 aromatic heterocycles. The van der Waals surface area contributed by atoms with Crippen LogP contribution in [0.25, 0.3) is 0 Å². The largest absolute Gasteiger partial charge is 0.490 e. The van der Waals surface area contributed by atoms with Crippen molar-refractivity contribution in [3.63, 3.8) is 0 Å². The zero-order chi connectivity index (χ0) is 22.0. The summed E-state index contributed by atoms with van der Waals surface area (Å²) in [6.07, 6.45) is 9.08. The lowest BCUT2D eigenvalue weighted by atomic mass is 9.82. The van der Waals surface area contributed by atoms with Crippen LogP contribution in [0.2, 0.25) is 0 Å². The van der Waals surface area contributed by atoms with Crippen LogP contribution < -0.4 is 9.47 Å². The first-order valence-electron chi connectivity index (χ1n) is 10.9. The highest BCUT2D eigenvalue weighted by Crippen LogP contribution is 2.43. The van der Waals surface area contributed by atoms with E-state index >= 15 is 0 Å².